The van der Waals surface area contributed by atoms with Crippen molar-refractivity contribution in [3.63, 3.8) is 0 Å². The maximum absolute atomic E-state index is 12.6. The molecule has 1 aromatic rings. The van der Waals surface area contributed by atoms with Crippen molar-refractivity contribution in [1.82, 2.24) is 10.6 Å². The van der Waals surface area contributed by atoms with E-state index in [2.05, 4.69) is 15.6 Å². The van der Waals surface area contributed by atoms with Crippen LogP contribution >= 0.6 is 24.0 Å². The first-order chi connectivity index (χ1) is 13.0. The minimum Gasteiger partial charge on any atom is -0.381 e. The molecule has 0 bridgehead atoms. The Kier molecular flexibility index (Phi) is 11.8. The first-order valence-corrected chi connectivity index (χ1v) is 9.25. The van der Waals surface area contributed by atoms with E-state index in [1.54, 1.807) is 7.05 Å². The third-order valence-electron chi connectivity index (χ3n) is 4.42. The molecular formula is C19H29F3IN3O2. The first kappa shape index (κ1) is 25.0. The molecule has 1 aromatic carbocycles. The van der Waals surface area contributed by atoms with E-state index >= 15 is 0 Å². The van der Waals surface area contributed by atoms with Crippen molar-refractivity contribution in [2.75, 3.05) is 40.0 Å². The van der Waals surface area contributed by atoms with Crippen LogP contribution in [0, 0.1) is 5.92 Å². The lowest BCUT2D eigenvalue weighted by atomic mass is 10.0. The second-order valence-corrected chi connectivity index (χ2v) is 6.53. The number of guanidine groups is 1. The van der Waals surface area contributed by atoms with Crippen LogP contribution in [0.3, 0.4) is 0 Å². The normalized spacial score (nSPS) is 15.8. The highest BCUT2D eigenvalue weighted by molar-refractivity contribution is 14.0. The van der Waals surface area contributed by atoms with Crippen molar-refractivity contribution < 1.29 is 22.6 Å². The molecule has 0 aromatic heterocycles. The molecule has 2 rings (SSSR count). The van der Waals surface area contributed by atoms with Gasteiger partial charge in [0.05, 0.1) is 5.56 Å². The van der Waals surface area contributed by atoms with Crippen LogP contribution in [-0.4, -0.2) is 46.0 Å². The summed E-state index contributed by atoms with van der Waals surface area (Å²) in [6, 6.07) is 5.10. The molecule has 28 heavy (non-hydrogen) atoms. The molecule has 0 atom stereocenters. The molecule has 9 heteroatoms. The minimum atomic E-state index is -4.31. The fourth-order valence-corrected chi connectivity index (χ4v) is 2.76. The van der Waals surface area contributed by atoms with Crippen LogP contribution in [0.1, 0.15) is 30.4 Å². The van der Waals surface area contributed by atoms with E-state index in [1.165, 1.54) is 12.1 Å². The van der Waals surface area contributed by atoms with Crippen molar-refractivity contribution >= 4 is 29.9 Å². The van der Waals surface area contributed by atoms with Gasteiger partial charge in [0.2, 0.25) is 0 Å². The molecule has 160 valence electrons. The van der Waals surface area contributed by atoms with Gasteiger partial charge in [-0.05, 0) is 42.9 Å². The Morgan fingerprint density at radius 3 is 2.46 bits per heavy atom. The van der Waals surface area contributed by atoms with E-state index in [4.69, 9.17) is 9.47 Å². The van der Waals surface area contributed by atoms with Gasteiger partial charge in [0.1, 0.15) is 0 Å². The van der Waals surface area contributed by atoms with Crippen LogP contribution in [0.15, 0.2) is 29.3 Å². The van der Waals surface area contributed by atoms with Gasteiger partial charge in [-0.1, -0.05) is 12.1 Å². The van der Waals surface area contributed by atoms with Gasteiger partial charge in [-0.2, -0.15) is 13.2 Å². The van der Waals surface area contributed by atoms with Gasteiger partial charge in [-0.25, -0.2) is 0 Å². The van der Waals surface area contributed by atoms with Crippen molar-refractivity contribution in [3.05, 3.63) is 35.4 Å². The van der Waals surface area contributed by atoms with E-state index in [-0.39, 0.29) is 24.0 Å². The van der Waals surface area contributed by atoms with Gasteiger partial charge in [0.15, 0.2) is 5.96 Å². The molecule has 1 aliphatic rings. The molecule has 0 amide bonds. The van der Waals surface area contributed by atoms with Crippen LogP contribution in [0.4, 0.5) is 13.2 Å². The minimum absolute atomic E-state index is 0. The molecule has 1 fully saturated rings. The molecule has 1 heterocycles. The maximum Gasteiger partial charge on any atom is 0.416 e. The van der Waals surface area contributed by atoms with Gasteiger partial charge in [-0.3, -0.25) is 4.99 Å². The summed E-state index contributed by atoms with van der Waals surface area (Å²) in [4.78, 5) is 4.11. The molecular weight excluding hydrogens is 486 g/mol. The first-order valence-electron chi connectivity index (χ1n) is 9.25. The second-order valence-electron chi connectivity index (χ2n) is 6.53. The third kappa shape index (κ3) is 9.42. The third-order valence-corrected chi connectivity index (χ3v) is 4.42. The Hall–Kier alpha value is -1.07. The number of hydrogen-bond acceptors (Lipinski definition) is 3. The largest absolute Gasteiger partial charge is 0.416 e. The monoisotopic (exact) mass is 515 g/mol. The number of alkyl halides is 3. The average molecular weight is 515 g/mol. The number of halogens is 4. The highest BCUT2D eigenvalue weighted by atomic mass is 127. The van der Waals surface area contributed by atoms with Gasteiger partial charge in [0, 0.05) is 46.6 Å². The zero-order chi connectivity index (χ0) is 19.5. The average Bonchev–Trinajstić information content (AvgIpc) is 2.67. The predicted octanol–water partition coefficient (Wildman–Crippen LogP) is 3.82. The number of aliphatic imine (C=N–C) groups is 1. The van der Waals surface area contributed by atoms with E-state index in [9.17, 15) is 13.2 Å². The van der Waals surface area contributed by atoms with Crippen molar-refractivity contribution in [3.8, 4) is 0 Å². The highest BCUT2D eigenvalue weighted by Crippen LogP contribution is 2.29. The summed E-state index contributed by atoms with van der Waals surface area (Å²) in [5.74, 6) is 1.21. The summed E-state index contributed by atoms with van der Waals surface area (Å²) >= 11 is 0. The lowest BCUT2D eigenvalue weighted by Gasteiger charge is -2.21. The lowest BCUT2D eigenvalue weighted by molar-refractivity contribution is -0.137. The molecule has 0 saturated carbocycles. The second kappa shape index (κ2) is 13.2. The van der Waals surface area contributed by atoms with E-state index < -0.39 is 11.7 Å². The molecule has 1 saturated heterocycles. The Balaban J connectivity index is 0.00000392. The standard InChI is InChI=1S/C19H28F3N3O2.HI/c1-23-18(24-9-2-10-27-14-16-7-11-26-12-8-16)25-13-15-3-5-17(6-4-15)19(20,21)22;/h3-6,16H,2,7-14H2,1H3,(H2,23,24,25);1H. The number of hydrogen-bond donors (Lipinski definition) is 2. The summed E-state index contributed by atoms with van der Waals surface area (Å²) < 4.78 is 48.7. The van der Waals surface area contributed by atoms with Crippen LogP contribution in [0.5, 0.6) is 0 Å². The zero-order valence-corrected chi connectivity index (χ0v) is 18.4. The molecule has 0 unspecified atom stereocenters. The fourth-order valence-electron chi connectivity index (χ4n) is 2.76. The van der Waals surface area contributed by atoms with Gasteiger partial charge in [0.25, 0.3) is 0 Å². The van der Waals surface area contributed by atoms with Crippen LogP contribution in [0.25, 0.3) is 0 Å². The number of nitrogens with one attached hydrogen (secondary N) is 2. The van der Waals surface area contributed by atoms with Crippen molar-refractivity contribution in [2.45, 2.75) is 32.0 Å². The molecule has 5 nitrogen and oxygen atoms in total. The Morgan fingerprint density at radius 2 is 1.86 bits per heavy atom. The summed E-state index contributed by atoms with van der Waals surface area (Å²) in [6.45, 7) is 4.23. The van der Waals surface area contributed by atoms with E-state index in [1.807, 2.05) is 0 Å². The summed E-state index contributed by atoms with van der Waals surface area (Å²) in [7, 11) is 1.66. The Labute approximate surface area is 181 Å². The number of benzene rings is 1. The van der Waals surface area contributed by atoms with Crippen LogP contribution < -0.4 is 10.6 Å². The molecule has 1 aliphatic heterocycles. The number of nitrogens with zero attached hydrogens (tertiary/aromatic N) is 1. The quantitative estimate of drug-likeness (QED) is 0.239. The topological polar surface area (TPSA) is 54.9 Å². The molecule has 2 N–H and O–H groups in total. The Morgan fingerprint density at radius 1 is 1.18 bits per heavy atom. The Bertz CT molecular complexity index is 577. The van der Waals surface area contributed by atoms with Crippen molar-refractivity contribution in [1.29, 1.82) is 0 Å². The lowest BCUT2D eigenvalue weighted by Crippen LogP contribution is -2.37. The molecule has 0 radical (unpaired) electrons. The molecule has 0 spiro atoms. The summed E-state index contributed by atoms with van der Waals surface area (Å²) in [5, 5.41) is 6.26. The summed E-state index contributed by atoms with van der Waals surface area (Å²) in [6.07, 6.45) is -1.32. The van der Waals surface area contributed by atoms with Gasteiger partial charge >= 0.3 is 6.18 Å². The predicted molar refractivity (Wildman–Crippen MR) is 114 cm³/mol. The van der Waals surface area contributed by atoms with Crippen molar-refractivity contribution in [2.24, 2.45) is 10.9 Å². The highest BCUT2D eigenvalue weighted by Gasteiger charge is 2.29. The van der Waals surface area contributed by atoms with Crippen LogP contribution in [-0.2, 0) is 22.2 Å². The van der Waals surface area contributed by atoms with Gasteiger partial charge < -0.3 is 20.1 Å². The SMILES string of the molecule is CN=C(NCCCOCC1CCOCC1)NCc1ccc(C(F)(F)F)cc1.I. The number of ether oxygens (including phenoxy) is 2. The van der Waals surface area contributed by atoms with E-state index in [0.29, 0.717) is 31.6 Å². The maximum atomic E-state index is 12.6. The summed E-state index contributed by atoms with van der Waals surface area (Å²) in [5.41, 5.74) is 0.111. The smallest absolute Gasteiger partial charge is 0.381 e. The fraction of sp³-hybridized carbons (Fsp3) is 0.632. The number of rotatable bonds is 8. The van der Waals surface area contributed by atoms with Gasteiger partial charge in [-0.15, -0.1) is 24.0 Å². The van der Waals surface area contributed by atoms with E-state index in [0.717, 1.165) is 56.8 Å². The van der Waals surface area contributed by atoms with Crippen LogP contribution in [0.2, 0.25) is 0 Å². The zero-order valence-electron chi connectivity index (χ0n) is 16.1. The molecule has 0 aliphatic carbocycles.